The van der Waals surface area contributed by atoms with Crippen LogP contribution in [0.2, 0.25) is 0 Å². The first-order valence-electron chi connectivity index (χ1n) is 1.51. The SMILES string of the molecule is N.Nn1ccnn1. The van der Waals surface area contributed by atoms with Crippen molar-refractivity contribution in [2.75, 3.05) is 5.84 Å². The van der Waals surface area contributed by atoms with Crippen LogP contribution in [-0.4, -0.2) is 15.1 Å². The van der Waals surface area contributed by atoms with E-state index in [1.165, 1.54) is 6.20 Å². The van der Waals surface area contributed by atoms with Crippen LogP contribution in [-0.2, 0) is 0 Å². The lowest BCUT2D eigenvalue weighted by Crippen LogP contribution is -2.07. The molecular weight excluding hydrogens is 94.1 g/mol. The molecule has 0 radical (unpaired) electrons. The number of rotatable bonds is 0. The standard InChI is InChI=1S/C2H4N4.H3N/c3-6-2-1-4-5-6;/h1-2H,3H2;1H3. The summed E-state index contributed by atoms with van der Waals surface area (Å²) in [7, 11) is 0. The number of hydrogen-bond donors (Lipinski definition) is 2. The summed E-state index contributed by atoms with van der Waals surface area (Å²) in [5.74, 6) is 5.02. The lowest BCUT2D eigenvalue weighted by Gasteiger charge is -1.76. The smallest absolute Gasteiger partial charge is 0.0715 e. The minimum Gasteiger partial charge on any atom is -0.344 e. The molecule has 0 aliphatic rings. The Kier molecular flexibility index (Phi) is 1.80. The van der Waals surface area contributed by atoms with Gasteiger partial charge >= 0.3 is 0 Å². The summed E-state index contributed by atoms with van der Waals surface area (Å²) >= 11 is 0. The van der Waals surface area contributed by atoms with Crippen LogP contribution in [0.25, 0.3) is 0 Å². The van der Waals surface area contributed by atoms with Gasteiger partial charge in [0.2, 0.25) is 0 Å². The van der Waals surface area contributed by atoms with E-state index in [0.29, 0.717) is 0 Å². The predicted molar refractivity (Wildman–Crippen MR) is 25.2 cm³/mol. The zero-order valence-corrected chi connectivity index (χ0v) is 3.78. The molecule has 5 heteroatoms. The van der Waals surface area contributed by atoms with Gasteiger partial charge in [-0.25, -0.2) is 0 Å². The molecule has 0 spiro atoms. The van der Waals surface area contributed by atoms with Gasteiger partial charge in [0.15, 0.2) is 0 Å². The van der Waals surface area contributed by atoms with E-state index in [1.807, 2.05) is 0 Å². The van der Waals surface area contributed by atoms with Crippen molar-refractivity contribution in [2.24, 2.45) is 0 Å². The van der Waals surface area contributed by atoms with Crippen LogP contribution in [0.4, 0.5) is 0 Å². The third kappa shape index (κ3) is 1.18. The summed E-state index contributed by atoms with van der Waals surface area (Å²) in [5.41, 5.74) is 0. The fraction of sp³-hybridized carbons (Fsp3) is 0. The van der Waals surface area contributed by atoms with E-state index in [-0.39, 0.29) is 6.15 Å². The highest BCUT2D eigenvalue weighted by atomic mass is 15.5. The molecule has 0 atom stereocenters. The quantitative estimate of drug-likeness (QED) is 0.416. The van der Waals surface area contributed by atoms with Gasteiger partial charge in [0, 0.05) is 0 Å². The molecule has 0 aliphatic carbocycles. The zero-order valence-electron chi connectivity index (χ0n) is 3.78. The van der Waals surface area contributed by atoms with E-state index < -0.39 is 0 Å². The van der Waals surface area contributed by atoms with Crippen LogP contribution in [0.15, 0.2) is 12.4 Å². The Labute approximate surface area is 40.7 Å². The second-order valence-corrected chi connectivity index (χ2v) is 0.883. The zero-order chi connectivity index (χ0) is 4.41. The summed E-state index contributed by atoms with van der Waals surface area (Å²) in [6, 6.07) is 0. The summed E-state index contributed by atoms with van der Waals surface area (Å²) in [4.78, 5) is 1.14. The van der Waals surface area contributed by atoms with Crippen LogP contribution in [0, 0.1) is 0 Å². The maximum Gasteiger partial charge on any atom is 0.0715 e. The highest BCUT2D eigenvalue weighted by Crippen LogP contribution is 1.62. The van der Waals surface area contributed by atoms with Crippen LogP contribution in [0.1, 0.15) is 0 Å². The maximum atomic E-state index is 5.02. The van der Waals surface area contributed by atoms with Crippen molar-refractivity contribution in [3.63, 3.8) is 0 Å². The number of nitrogens with zero attached hydrogens (tertiary/aromatic N) is 3. The average Bonchev–Trinajstić information content (AvgIpc) is 1.86. The number of aromatic nitrogens is 3. The normalized spacial score (nSPS) is 7.43. The molecule has 1 heterocycles. The van der Waals surface area contributed by atoms with Crippen molar-refractivity contribution in [1.29, 1.82) is 0 Å². The molecule has 5 N–H and O–H groups in total. The van der Waals surface area contributed by atoms with E-state index in [9.17, 15) is 0 Å². The van der Waals surface area contributed by atoms with Gasteiger partial charge in [-0.05, 0) is 5.21 Å². The van der Waals surface area contributed by atoms with E-state index in [2.05, 4.69) is 10.3 Å². The Balaban J connectivity index is 0.000000360. The minimum atomic E-state index is 0. The van der Waals surface area contributed by atoms with Crippen LogP contribution >= 0.6 is 0 Å². The second-order valence-electron chi connectivity index (χ2n) is 0.883. The second kappa shape index (κ2) is 2.14. The number of hydrogen-bond acceptors (Lipinski definition) is 4. The summed E-state index contributed by atoms with van der Waals surface area (Å²) in [6.45, 7) is 0. The third-order valence-corrected chi connectivity index (χ3v) is 0.441. The van der Waals surface area contributed by atoms with Crippen LogP contribution in [0.3, 0.4) is 0 Å². The van der Waals surface area contributed by atoms with Crippen molar-refractivity contribution in [3.05, 3.63) is 12.4 Å². The molecule has 7 heavy (non-hydrogen) atoms. The summed E-state index contributed by atoms with van der Waals surface area (Å²) in [6.07, 6.45) is 3.07. The van der Waals surface area contributed by atoms with Gasteiger partial charge < -0.3 is 12.0 Å². The Bertz CT molecular complexity index is 110. The van der Waals surface area contributed by atoms with Gasteiger partial charge in [-0.3, -0.25) is 0 Å². The molecule has 1 rings (SSSR count). The molecule has 1 aromatic rings. The average molecular weight is 101 g/mol. The highest BCUT2D eigenvalue weighted by Gasteiger charge is 1.71. The van der Waals surface area contributed by atoms with E-state index in [0.717, 1.165) is 4.79 Å². The number of nitrogens with two attached hydrogens (primary N) is 1. The van der Waals surface area contributed by atoms with Gasteiger partial charge in [0.1, 0.15) is 0 Å². The van der Waals surface area contributed by atoms with Crippen LogP contribution < -0.4 is 12.0 Å². The molecule has 0 amide bonds. The predicted octanol–water partition coefficient (Wildman–Crippen LogP) is -0.846. The topological polar surface area (TPSA) is 91.7 Å². The molecule has 40 valence electrons. The first-order valence-corrected chi connectivity index (χ1v) is 1.51. The van der Waals surface area contributed by atoms with Crippen LogP contribution in [0.5, 0.6) is 0 Å². The summed E-state index contributed by atoms with van der Waals surface area (Å²) < 4.78 is 0. The summed E-state index contributed by atoms with van der Waals surface area (Å²) in [5, 5.41) is 6.77. The molecule has 0 saturated carbocycles. The largest absolute Gasteiger partial charge is 0.344 e. The van der Waals surface area contributed by atoms with Gasteiger partial charge in [0.25, 0.3) is 0 Å². The maximum absolute atomic E-state index is 5.02. The Morgan fingerprint density at radius 2 is 2.29 bits per heavy atom. The molecule has 1 aromatic heterocycles. The van der Waals surface area contributed by atoms with Gasteiger partial charge in [-0.15, -0.1) is 5.10 Å². The monoisotopic (exact) mass is 101 g/mol. The van der Waals surface area contributed by atoms with Crippen molar-refractivity contribution in [3.8, 4) is 0 Å². The van der Waals surface area contributed by atoms with E-state index in [4.69, 9.17) is 5.84 Å². The van der Waals surface area contributed by atoms with Crippen molar-refractivity contribution < 1.29 is 0 Å². The fourth-order valence-electron chi connectivity index (χ4n) is 0.217. The molecule has 0 aromatic carbocycles. The molecule has 0 bridgehead atoms. The lowest BCUT2D eigenvalue weighted by atomic mass is 11.0. The Morgan fingerprint density at radius 3 is 2.43 bits per heavy atom. The Hall–Kier alpha value is -1.10. The molecule has 5 nitrogen and oxygen atoms in total. The first-order chi connectivity index (χ1) is 2.89. The van der Waals surface area contributed by atoms with Crippen molar-refractivity contribution in [2.45, 2.75) is 0 Å². The van der Waals surface area contributed by atoms with Crippen molar-refractivity contribution in [1.82, 2.24) is 21.3 Å². The first kappa shape index (κ1) is 5.90. The van der Waals surface area contributed by atoms with Gasteiger partial charge in [0.05, 0.1) is 12.4 Å². The van der Waals surface area contributed by atoms with Crippen molar-refractivity contribution >= 4 is 0 Å². The molecule has 0 aliphatic heterocycles. The van der Waals surface area contributed by atoms with E-state index >= 15 is 0 Å². The lowest BCUT2D eigenvalue weighted by molar-refractivity contribution is 0.765. The van der Waals surface area contributed by atoms with Gasteiger partial charge in [-0.2, -0.15) is 4.79 Å². The molecular formula is C2H7N5. The Morgan fingerprint density at radius 1 is 1.57 bits per heavy atom. The minimum absolute atomic E-state index is 0. The van der Waals surface area contributed by atoms with Gasteiger partial charge in [-0.1, -0.05) is 0 Å². The molecule has 0 fully saturated rings. The third-order valence-electron chi connectivity index (χ3n) is 0.441. The molecule has 0 saturated heterocycles. The molecule has 0 unspecified atom stereocenters. The highest BCUT2D eigenvalue weighted by molar-refractivity contribution is 4.61. The fourth-order valence-corrected chi connectivity index (χ4v) is 0.217. The number of nitrogen functional groups attached to an aromatic ring is 1. The van der Waals surface area contributed by atoms with E-state index in [1.54, 1.807) is 6.20 Å².